The Labute approximate surface area is 192 Å². The summed E-state index contributed by atoms with van der Waals surface area (Å²) >= 11 is 8.28. The van der Waals surface area contributed by atoms with Crippen LogP contribution in [0.25, 0.3) is 10.3 Å². The molecular formula is C19H13ClF3N5O2S2. The molecule has 1 aromatic carbocycles. The maximum Gasteiger partial charge on any atom is 0.417 e. The van der Waals surface area contributed by atoms with E-state index in [1.807, 2.05) is 12.3 Å². The summed E-state index contributed by atoms with van der Waals surface area (Å²) in [6.07, 6.45) is -3.23. The summed E-state index contributed by atoms with van der Waals surface area (Å²) in [5.74, 6) is -0.168. The van der Waals surface area contributed by atoms with Crippen LogP contribution in [0.15, 0.2) is 29.9 Å². The van der Waals surface area contributed by atoms with E-state index in [0.717, 1.165) is 11.6 Å². The van der Waals surface area contributed by atoms with Gasteiger partial charge < -0.3 is 15.4 Å². The van der Waals surface area contributed by atoms with Crippen molar-refractivity contribution in [3.8, 4) is 0 Å². The normalized spacial score (nSPS) is 11.6. The Hall–Kier alpha value is -2.96. The molecule has 3 heterocycles. The Bertz CT molecular complexity index is 1320. The zero-order valence-electron chi connectivity index (χ0n) is 16.4. The Morgan fingerprint density at radius 1 is 1.22 bits per heavy atom. The number of esters is 1. The van der Waals surface area contributed by atoms with Crippen LogP contribution in [0, 0.1) is 6.92 Å². The molecule has 0 unspecified atom stereocenters. The van der Waals surface area contributed by atoms with Gasteiger partial charge in [0, 0.05) is 5.69 Å². The molecule has 166 valence electrons. The molecule has 32 heavy (non-hydrogen) atoms. The summed E-state index contributed by atoms with van der Waals surface area (Å²) in [5.41, 5.74) is 1.22. The molecule has 3 aromatic heterocycles. The minimum absolute atomic E-state index is 0.297. The van der Waals surface area contributed by atoms with Crippen LogP contribution in [0.4, 0.5) is 35.5 Å². The lowest BCUT2D eigenvalue weighted by molar-refractivity contribution is -0.137. The monoisotopic (exact) mass is 499 g/mol. The Morgan fingerprint density at radius 2 is 2.00 bits per heavy atom. The maximum atomic E-state index is 12.9. The fourth-order valence-corrected chi connectivity index (χ4v) is 4.83. The topological polar surface area (TPSA) is 89.0 Å². The third-order valence-corrected chi connectivity index (χ3v) is 6.58. The molecule has 0 radical (unpaired) electrons. The third kappa shape index (κ3) is 4.33. The summed E-state index contributed by atoms with van der Waals surface area (Å²) in [6, 6.07) is 3.32. The van der Waals surface area contributed by atoms with Gasteiger partial charge in [0.2, 0.25) is 0 Å². The second-order valence-corrected chi connectivity index (χ2v) is 8.72. The zero-order chi connectivity index (χ0) is 23.0. The van der Waals surface area contributed by atoms with Crippen LogP contribution in [0.3, 0.4) is 0 Å². The number of nitrogens with zero attached hydrogens (tertiary/aromatic N) is 3. The highest BCUT2D eigenvalue weighted by Gasteiger charge is 2.33. The van der Waals surface area contributed by atoms with E-state index < -0.39 is 22.7 Å². The quantitative estimate of drug-likeness (QED) is 0.307. The van der Waals surface area contributed by atoms with Crippen molar-refractivity contribution in [1.29, 1.82) is 0 Å². The first-order valence-corrected chi connectivity index (χ1v) is 10.9. The predicted octanol–water partition coefficient (Wildman–Crippen LogP) is 6.40. The van der Waals surface area contributed by atoms with Crippen molar-refractivity contribution in [2.75, 3.05) is 17.7 Å². The SMILES string of the molecule is COC(=O)c1scc(C)c1Nc1nc2c(Nc3ccc(C(F)(F)F)c(Cl)c3)ncnc2s1. The summed E-state index contributed by atoms with van der Waals surface area (Å²) in [7, 11) is 1.31. The number of fused-ring (bicyclic) bond motifs is 1. The van der Waals surface area contributed by atoms with Crippen LogP contribution in [-0.4, -0.2) is 28.0 Å². The number of ether oxygens (including phenoxy) is 1. The lowest BCUT2D eigenvalue weighted by atomic mass is 10.2. The number of hydrogen-bond donors (Lipinski definition) is 2. The molecular weight excluding hydrogens is 487 g/mol. The van der Waals surface area contributed by atoms with Crippen molar-refractivity contribution >= 4 is 72.9 Å². The van der Waals surface area contributed by atoms with E-state index in [2.05, 4.69) is 25.6 Å². The maximum absolute atomic E-state index is 12.9. The molecule has 0 saturated heterocycles. The van der Waals surface area contributed by atoms with Gasteiger partial charge in [-0.2, -0.15) is 13.2 Å². The Morgan fingerprint density at radius 3 is 2.69 bits per heavy atom. The second-order valence-electron chi connectivity index (χ2n) is 6.45. The van der Waals surface area contributed by atoms with Gasteiger partial charge in [0.1, 0.15) is 16.7 Å². The van der Waals surface area contributed by atoms with Crippen molar-refractivity contribution in [2.24, 2.45) is 0 Å². The molecule has 13 heteroatoms. The minimum atomic E-state index is -4.55. The van der Waals surface area contributed by atoms with Gasteiger partial charge in [0.15, 0.2) is 15.8 Å². The lowest BCUT2D eigenvalue weighted by Crippen LogP contribution is -2.06. The van der Waals surface area contributed by atoms with Gasteiger partial charge >= 0.3 is 12.1 Å². The number of methoxy groups -OCH3 is 1. The van der Waals surface area contributed by atoms with Crippen molar-refractivity contribution in [1.82, 2.24) is 15.0 Å². The highest BCUT2D eigenvalue weighted by atomic mass is 35.5. The van der Waals surface area contributed by atoms with Crippen LogP contribution >= 0.6 is 34.3 Å². The molecule has 0 aliphatic carbocycles. The molecule has 0 atom stereocenters. The number of aryl methyl sites for hydroxylation is 1. The van der Waals surface area contributed by atoms with Crippen LogP contribution in [0.2, 0.25) is 5.02 Å². The number of alkyl halides is 3. The highest BCUT2D eigenvalue weighted by molar-refractivity contribution is 7.22. The van der Waals surface area contributed by atoms with E-state index in [9.17, 15) is 18.0 Å². The number of nitrogens with one attached hydrogen (secondary N) is 2. The Kier molecular flexibility index (Phi) is 5.93. The molecule has 4 aromatic rings. The van der Waals surface area contributed by atoms with E-state index in [1.165, 1.54) is 48.2 Å². The lowest BCUT2D eigenvalue weighted by Gasteiger charge is -2.11. The fraction of sp³-hybridized carbons (Fsp3) is 0.158. The first kappa shape index (κ1) is 22.2. The number of halogens is 4. The number of thiophene rings is 1. The molecule has 7 nitrogen and oxygen atoms in total. The van der Waals surface area contributed by atoms with Crippen molar-refractivity contribution in [3.05, 3.63) is 50.9 Å². The number of carbonyl (C=O) groups excluding carboxylic acids is 1. The number of anilines is 4. The number of carbonyl (C=O) groups is 1. The largest absolute Gasteiger partial charge is 0.465 e. The van der Waals surface area contributed by atoms with Gasteiger partial charge in [-0.1, -0.05) is 22.9 Å². The van der Waals surface area contributed by atoms with Crippen molar-refractivity contribution in [2.45, 2.75) is 13.1 Å². The Balaban J connectivity index is 1.65. The molecule has 0 fully saturated rings. The van der Waals surface area contributed by atoms with Crippen LogP contribution in [-0.2, 0) is 10.9 Å². The molecule has 0 aliphatic rings. The molecule has 0 bridgehead atoms. The van der Waals surface area contributed by atoms with Gasteiger partial charge in [-0.25, -0.2) is 19.7 Å². The van der Waals surface area contributed by atoms with Crippen LogP contribution in [0.1, 0.15) is 20.8 Å². The van der Waals surface area contributed by atoms with E-state index in [0.29, 0.717) is 37.5 Å². The van der Waals surface area contributed by atoms with Gasteiger partial charge in [-0.15, -0.1) is 11.3 Å². The summed E-state index contributed by atoms with van der Waals surface area (Å²) < 4.78 is 43.6. The van der Waals surface area contributed by atoms with E-state index >= 15 is 0 Å². The molecule has 0 saturated carbocycles. The average molecular weight is 500 g/mol. The van der Waals surface area contributed by atoms with Crippen LogP contribution < -0.4 is 10.6 Å². The van der Waals surface area contributed by atoms with E-state index in [4.69, 9.17) is 16.3 Å². The number of hydrogen-bond acceptors (Lipinski definition) is 9. The third-order valence-electron chi connectivity index (χ3n) is 4.31. The zero-order valence-corrected chi connectivity index (χ0v) is 18.8. The molecule has 0 amide bonds. The second kappa shape index (κ2) is 8.52. The summed E-state index contributed by atoms with van der Waals surface area (Å²) in [5, 5.41) is 7.90. The van der Waals surface area contributed by atoms with Gasteiger partial charge in [0.05, 0.1) is 23.4 Å². The highest BCUT2D eigenvalue weighted by Crippen LogP contribution is 2.38. The van der Waals surface area contributed by atoms with Gasteiger partial charge in [-0.3, -0.25) is 0 Å². The summed E-state index contributed by atoms with van der Waals surface area (Å²) in [6.45, 7) is 1.85. The smallest absolute Gasteiger partial charge is 0.417 e. The fourth-order valence-electron chi connectivity index (χ4n) is 2.81. The van der Waals surface area contributed by atoms with Gasteiger partial charge in [0.25, 0.3) is 0 Å². The first-order chi connectivity index (χ1) is 15.2. The first-order valence-electron chi connectivity index (χ1n) is 8.86. The number of benzene rings is 1. The molecule has 4 rings (SSSR count). The standard InChI is InChI=1S/C19H13ClF3N5O2S2/c1-8-6-31-14(17(29)30-2)12(8)27-18-28-13-15(24-7-25-16(13)32-18)26-9-3-4-10(11(20)5-9)19(21,22)23/h3-7H,1-2H3,(H,27,28)(H,24,25,26). The molecule has 2 N–H and O–H groups in total. The minimum Gasteiger partial charge on any atom is -0.465 e. The summed E-state index contributed by atoms with van der Waals surface area (Å²) in [4.78, 5) is 25.8. The average Bonchev–Trinajstić information content (AvgIpc) is 3.31. The molecule has 0 spiro atoms. The molecule has 0 aliphatic heterocycles. The van der Waals surface area contributed by atoms with Crippen molar-refractivity contribution < 1.29 is 22.7 Å². The number of thiazole rings is 1. The van der Waals surface area contributed by atoms with E-state index in [1.54, 1.807) is 0 Å². The number of rotatable bonds is 5. The van der Waals surface area contributed by atoms with Crippen LogP contribution in [0.5, 0.6) is 0 Å². The number of aromatic nitrogens is 3. The van der Waals surface area contributed by atoms with Crippen molar-refractivity contribution in [3.63, 3.8) is 0 Å². The predicted molar refractivity (Wildman–Crippen MR) is 119 cm³/mol. The van der Waals surface area contributed by atoms with E-state index in [-0.39, 0.29) is 0 Å². The van der Waals surface area contributed by atoms with Gasteiger partial charge in [-0.05, 0) is 36.1 Å².